The molecule has 0 unspecified atom stereocenters. The van der Waals surface area contributed by atoms with E-state index in [9.17, 15) is 24.0 Å². The van der Waals surface area contributed by atoms with Crippen molar-refractivity contribution < 1.29 is 71.3 Å². The van der Waals surface area contributed by atoms with Crippen LogP contribution in [0.2, 0.25) is 0 Å². The molecule has 5 atom stereocenters. The van der Waals surface area contributed by atoms with Gasteiger partial charge in [-0.1, -0.05) is 11.3 Å². The van der Waals surface area contributed by atoms with Crippen LogP contribution in [-0.2, 0) is 73.2 Å². The first kappa shape index (κ1) is 39.0. The molecule has 1 aromatic carbocycles. The highest BCUT2D eigenvalue weighted by molar-refractivity contribution is 5.90. The monoisotopic (exact) mass is 695 g/mol. The van der Waals surface area contributed by atoms with Crippen molar-refractivity contribution in [1.82, 2.24) is 15.0 Å². The van der Waals surface area contributed by atoms with Crippen LogP contribution in [0.25, 0.3) is 5.69 Å². The summed E-state index contributed by atoms with van der Waals surface area (Å²) in [6, 6.07) is 6.49. The Hall–Kier alpha value is -4.49. The van der Waals surface area contributed by atoms with Gasteiger partial charge in [-0.05, 0) is 18.2 Å². The molecule has 0 amide bonds. The summed E-state index contributed by atoms with van der Waals surface area (Å²) in [4.78, 5) is 60.1. The van der Waals surface area contributed by atoms with E-state index in [0.717, 1.165) is 20.8 Å². The summed E-state index contributed by atoms with van der Waals surface area (Å²) in [7, 11) is 1.59. The maximum atomic E-state index is 12.6. The maximum absolute atomic E-state index is 12.6. The summed E-state index contributed by atoms with van der Waals surface area (Å²) >= 11 is 0. The van der Waals surface area contributed by atoms with Crippen LogP contribution in [0, 0.1) is 0 Å². The summed E-state index contributed by atoms with van der Waals surface area (Å²) in [6.07, 6.45) is -5.12. The molecule has 0 N–H and O–H groups in total. The highest BCUT2D eigenvalue weighted by Gasteiger charge is 2.52. The molecule has 2 heterocycles. The van der Waals surface area contributed by atoms with Crippen molar-refractivity contribution in [2.24, 2.45) is 0 Å². The van der Waals surface area contributed by atoms with Gasteiger partial charge in [-0.2, -0.15) is 0 Å². The van der Waals surface area contributed by atoms with Gasteiger partial charge in [0.05, 0.1) is 57.1 Å². The van der Waals surface area contributed by atoms with Crippen molar-refractivity contribution in [2.45, 2.75) is 65.0 Å². The summed E-state index contributed by atoms with van der Waals surface area (Å²) in [5.41, 5.74) is 1.06. The number of carbonyl (C=O) groups excluding carboxylic acids is 5. The van der Waals surface area contributed by atoms with Crippen LogP contribution in [0.5, 0.6) is 0 Å². The zero-order valence-corrected chi connectivity index (χ0v) is 27.9. The molecule has 2 aromatic rings. The van der Waals surface area contributed by atoms with Crippen LogP contribution in [0.15, 0.2) is 30.5 Å². The second kappa shape index (κ2) is 20.1. The molecule has 1 aliphatic rings. The number of hydrogen-bond donors (Lipinski definition) is 0. The average Bonchev–Trinajstić information content (AvgIpc) is 3.53. The molecule has 0 radical (unpaired) electrons. The predicted octanol–water partition coefficient (Wildman–Crippen LogP) is 0.703. The molecular weight excluding hydrogens is 654 g/mol. The minimum atomic E-state index is -1.39. The van der Waals surface area contributed by atoms with Crippen LogP contribution in [0.4, 0.5) is 0 Å². The van der Waals surface area contributed by atoms with Gasteiger partial charge in [0.15, 0.2) is 24.6 Å². The van der Waals surface area contributed by atoms with E-state index in [2.05, 4.69) is 10.3 Å². The number of esters is 5. The van der Waals surface area contributed by atoms with Crippen molar-refractivity contribution in [3.8, 4) is 5.69 Å². The Kier molecular flexibility index (Phi) is 16.0. The third-order valence-electron chi connectivity index (χ3n) is 6.50. The molecule has 270 valence electrons. The number of methoxy groups -OCH3 is 1. The Morgan fingerprint density at radius 2 is 1.41 bits per heavy atom. The smallest absolute Gasteiger partial charge is 0.338 e. The number of rotatable bonds is 19. The van der Waals surface area contributed by atoms with Gasteiger partial charge in [-0.3, -0.25) is 19.2 Å². The number of benzene rings is 1. The van der Waals surface area contributed by atoms with Gasteiger partial charge in [0.1, 0.15) is 25.0 Å². The molecule has 18 nitrogen and oxygen atoms in total. The van der Waals surface area contributed by atoms with E-state index in [1.165, 1.54) is 17.8 Å². The van der Waals surface area contributed by atoms with E-state index < -0.39 is 67.2 Å². The number of aromatic nitrogens is 3. The van der Waals surface area contributed by atoms with Gasteiger partial charge in [-0.15, -0.1) is 5.10 Å². The lowest BCUT2D eigenvalue weighted by molar-refractivity contribution is -0.310. The molecule has 3 rings (SSSR count). The molecular formula is C31H41N3O15. The minimum Gasteiger partial charge on any atom is -0.463 e. The summed E-state index contributed by atoms with van der Waals surface area (Å²) in [6.45, 7) is 5.85. The SMILES string of the molecule is COCCOCCOCCOC(=O)c1cccc(-n2cc(CO[C@@H]3O[C@H](COC(C)=O)[C@H](OC(C)=O)[C@H](OC(C)=O)[C@H]3OC(C)=O)nn2)c1. The molecule has 0 bridgehead atoms. The van der Waals surface area contributed by atoms with E-state index in [4.69, 9.17) is 47.4 Å². The zero-order valence-electron chi connectivity index (χ0n) is 27.9. The number of hydrogen-bond acceptors (Lipinski definition) is 17. The zero-order chi connectivity index (χ0) is 35.8. The van der Waals surface area contributed by atoms with Crippen molar-refractivity contribution in [1.29, 1.82) is 0 Å². The van der Waals surface area contributed by atoms with Gasteiger partial charge in [0.25, 0.3) is 0 Å². The van der Waals surface area contributed by atoms with E-state index in [0.29, 0.717) is 37.8 Å². The molecule has 1 saturated heterocycles. The lowest BCUT2D eigenvalue weighted by Crippen LogP contribution is -2.62. The number of carbonyl (C=O) groups is 5. The van der Waals surface area contributed by atoms with E-state index in [1.54, 1.807) is 31.4 Å². The van der Waals surface area contributed by atoms with E-state index >= 15 is 0 Å². The minimum absolute atomic E-state index is 0.0468. The fraction of sp³-hybridized carbons (Fsp3) is 0.581. The van der Waals surface area contributed by atoms with Gasteiger partial charge in [0, 0.05) is 34.8 Å². The van der Waals surface area contributed by atoms with Crippen LogP contribution in [-0.4, -0.2) is 129 Å². The van der Waals surface area contributed by atoms with E-state index in [-0.39, 0.29) is 25.4 Å². The topological polar surface area (TPSA) is 208 Å². The molecule has 0 saturated carbocycles. The molecule has 1 aliphatic heterocycles. The third kappa shape index (κ3) is 13.1. The fourth-order valence-electron chi connectivity index (χ4n) is 4.50. The normalized spacial score (nSPS) is 20.2. The highest BCUT2D eigenvalue weighted by atomic mass is 16.7. The Morgan fingerprint density at radius 1 is 0.776 bits per heavy atom. The Morgan fingerprint density at radius 3 is 2.06 bits per heavy atom. The first-order chi connectivity index (χ1) is 23.5. The van der Waals surface area contributed by atoms with Crippen LogP contribution >= 0.6 is 0 Å². The third-order valence-corrected chi connectivity index (χ3v) is 6.50. The lowest BCUT2D eigenvalue weighted by atomic mass is 9.98. The quantitative estimate of drug-likeness (QED) is 0.113. The molecule has 0 spiro atoms. The van der Waals surface area contributed by atoms with Gasteiger partial charge < -0.3 is 47.4 Å². The molecule has 18 heteroatoms. The van der Waals surface area contributed by atoms with Gasteiger partial charge >= 0.3 is 29.8 Å². The summed E-state index contributed by atoms with van der Waals surface area (Å²) in [5.74, 6) is -3.49. The van der Waals surface area contributed by atoms with Crippen molar-refractivity contribution in [3.63, 3.8) is 0 Å². The number of ether oxygens (including phenoxy) is 10. The highest BCUT2D eigenvalue weighted by Crippen LogP contribution is 2.30. The molecule has 1 fully saturated rings. The van der Waals surface area contributed by atoms with Gasteiger partial charge in [-0.25, -0.2) is 9.48 Å². The average molecular weight is 696 g/mol. The Balaban J connectivity index is 1.66. The molecule has 1 aromatic heterocycles. The standard InChI is InChI=1S/C31H41N3O15/c1-19(35)44-18-26-27(46-20(2)36)28(47-21(3)37)29(48-22(4)38)31(49-26)45-17-24-16-34(33-32-24)25-8-6-7-23(15-25)30(39)43-14-13-42-12-11-41-10-9-40-5/h6-8,15-16,26-29,31H,9-14,17-18H2,1-5H3/t26-,27+,28+,29-,31-/m1/s1. The van der Waals surface area contributed by atoms with Crippen molar-refractivity contribution in [3.05, 3.63) is 41.7 Å². The van der Waals surface area contributed by atoms with Crippen molar-refractivity contribution >= 4 is 29.8 Å². The summed E-state index contributed by atoms with van der Waals surface area (Å²) in [5, 5.41) is 8.18. The van der Waals surface area contributed by atoms with Crippen LogP contribution in [0.1, 0.15) is 43.7 Å². The Bertz CT molecular complexity index is 1400. The fourth-order valence-corrected chi connectivity index (χ4v) is 4.50. The first-order valence-electron chi connectivity index (χ1n) is 15.2. The summed E-state index contributed by atoms with van der Waals surface area (Å²) < 4.78 is 55.3. The van der Waals surface area contributed by atoms with Crippen LogP contribution < -0.4 is 0 Å². The molecule has 0 aliphatic carbocycles. The van der Waals surface area contributed by atoms with E-state index in [1.807, 2.05) is 0 Å². The second-order valence-electron chi connectivity index (χ2n) is 10.4. The predicted molar refractivity (Wildman–Crippen MR) is 162 cm³/mol. The second-order valence-corrected chi connectivity index (χ2v) is 10.4. The van der Waals surface area contributed by atoms with Gasteiger partial charge in [0.2, 0.25) is 0 Å². The number of nitrogens with zero attached hydrogens (tertiary/aromatic N) is 3. The van der Waals surface area contributed by atoms with Crippen LogP contribution in [0.3, 0.4) is 0 Å². The largest absolute Gasteiger partial charge is 0.463 e. The Labute approximate surface area is 282 Å². The lowest BCUT2D eigenvalue weighted by Gasteiger charge is -2.43. The van der Waals surface area contributed by atoms with Crippen molar-refractivity contribution in [2.75, 3.05) is 53.4 Å². The maximum Gasteiger partial charge on any atom is 0.338 e. The first-order valence-corrected chi connectivity index (χ1v) is 15.2. The molecule has 49 heavy (non-hydrogen) atoms.